The molecule has 0 bridgehead atoms. The number of amides is 1. The Labute approximate surface area is 196 Å². The van der Waals surface area contributed by atoms with Crippen LogP contribution in [0.3, 0.4) is 0 Å². The highest BCUT2D eigenvalue weighted by Crippen LogP contribution is 2.32. The molecule has 0 aliphatic rings. The van der Waals surface area contributed by atoms with Gasteiger partial charge >= 0.3 is 0 Å². The average Bonchev–Trinajstić information content (AvgIpc) is 3.38. The van der Waals surface area contributed by atoms with Gasteiger partial charge in [-0.1, -0.05) is 41.4 Å². The Morgan fingerprint density at radius 1 is 1.16 bits per heavy atom. The molecule has 0 spiro atoms. The van der Waals surface area contributed by atoms with Crippen LogP contribution in [0.5, 0.6) is 5.75 Å². The number of nitrogens with one attached hydrogen (secondary N) is 1. The number of hydrogen-bond acceptors (Lipinski definition) is 4. The normalized spacial score (nSPS) is 10.8. The number of benzene rings is 2. The second-order valence-electron chi connectivity index (χ2n) is 6.62. The lowest BCUT2D eigenvalue weighted by Crippen LogP contribution is -2.11. The largest absolute Gasteiger partial charge is 0.484 e. The van der Waals surface area contributed by atoms with Crippen molar-refractivity contribution in [2.45, 2.75) is 13.2 Å². The van der Waals surface area contributed by atoms with Crippen molar-refractivity contribution >= 4 is 50.7 Å². The van der Waals surface area contributed by atoms with E-state index in [4.69, 9.17) is 32.4 Å². The van der Waals surface area contributed by atoms with Gasteiger partial charge in [-0.05, 0) is 57.9 Å². The molecule has 6 nitrogen and oxygen atoms in total. The van der Waals surface area contributed by atoms with Crippen molar-refractivity contribution in [3.8, 4) is 5.75 Å². The first-order valence-electron chi connectivity index (χ1n) is 9.22. The summed E-state index contributed by atoms with van der Waals surface area (Å²) in [5.74, 6) is 0.750. The van der Waals surface area contributed by atoms with Crippen LogP contribution >= 0.6 is 39.1 Å². The van der Waals surface area contributed by atoms with Gasteiger partial charge in [0.15, 0.2) is 5.76 Å². The summed E-state index contributed by atoms with van der Waals surface area (Å²) in [5.41, 5.74) is 1.66. The summed E-state index contributed by atoms with van der Waals surface area (Å²) in [7, 11) is 0. The Kier molecular flexibility index (Phi) is 6.65. The second kappa shape index (κ2) is 9.60. The van der Waals surface area contributed by atoms with Crippen LogP contribution in [-0.4, -0.2) is 15.7 Å². The number of ether oxygens (including phenoxy) is 1. The van der Waals surface area contributed by atoms with Crippen LogP contribution in [-0.2, 0) is 13.2 Å². The van der Waals surface area contributed by atoms with E-state index in [0.717, 1.165) is 10.0 Å². The van der Waals surface area contributed by atoms with Crippen LogP contribution in [0.15, 0.2) is 75.9 Å². The average molecular weight is 521 g/mol. The number of hydrogen-bond donors (Lipinski definition) is 1. The van der Waals surface area contributed by atoms with Crippen molar-refractivity contribution in [1.29, 1.82) is 0 Å². The van der Waals surface area contributed by atoms with Crippen molar-refractivity contribution in [3.63, 3.8) is 0 Å². The second-order valence-corrected chi connectivity index (χ2v) is 8.32. The van der Waals surface area contributed by atoms with Gasteiger partial charge < -0.3 is 14.5 Å². The number of rotatable bonds is 7. The fourth-order valence-electron chi connectivity index (χ4n) is 2.87. The molecule has 9 heteroatoms. The predicted molar refractivity (Wildman–Crippen MR) is 123 cm³/mol. The Hall–Kier alpha value is -2.74. The van der Waals surface area contributed by atoms with Crippen molar-refractivity contribution in [3.05, 3.63) is 98.6 Å². The minimum absolute atomic E-state index is 0.113. The van der Waals surface area contributed by atoms with E-state index in [-0.39, 0.29) is 18.3 Å². The minimum Gasteiger partial charge on any atom is -0.484 e. The fourth-order valence-corrected chi connectivity index (χ4v) is 3.55. The van der Waals surface area contributed by atoms with Gasteiger partial charge in [0.1, 0.15) is 23.1 Å². The first-order valence-corrected chi connectivity index (χ1v) is 10.8. The number of carbonyl (C=O) groups is 1. The van der Waals surface area contributed by atoms with E-state index >= 15 is 0 Å². The van der Waals surface area contributed by atoms with Crippen molar-refractivity contribution in [1.82, 2.24) is 9.78 Å². The lowest BCUT2D eigenvalue weighted by Gasteiger charge is -2.08. The summed E-state index contributed by atoms with van der Waals surface area (Å²) >= 11 is 15.5. The Morgan fingerprint density at radius 2 is 2.00 bits per heavy atom. The fraction of sp³-hybridized carbons (Fsp3) is 0.0909. The molecule has 31 heavy (non-hydrogen) atoms. The standard InChI is InChI=1S/C22H16BrCl2N3O3/c23-15-10-26-28(12-15)11-14-3-1-4-16(9-14)27-22(29)20-8-7-17(31-20)13-30-19-6-2-5-18(24)21(19)25/h1-10,12H,11,13H2,(H,27,29). The van der Waals surface area contributed by atoms with E-state index in [1.807, 2.05) is 30.5 Å². The van der Waals surface area contributed by atoms with E-state index < -0.39 is 0 Å². The van der Waals surface area contributed by atoms with Crippen molar-refractivity contribution in [2.24, 2.45) is 0 Å². The summed E-state index contributed by atoms with van der Waals surface area (Å²) in [6.45, 7) is 0.700. The highest BCUT2D eigenvalue weighted by molar-refractivity contribution is 9.10. The highest BCUT2D eigenvalue weighted by Gasteiger charge is 2.13. The number of furan rings is 1. The molecule has 158 valence electrons. The quantitative estimate of drug-likeness (QED) is 0.305. The summed E-state index contributed by atoms with van der Waals surface area (Å²) < 4.78 is 14.0. The summed E-state index contributed by atoms with van der Waals surface area (Å²) in [5, 5.41) is 7.82. The van der Waals surface area contributed by atoms with Crippen LogP contribution < -0.4 is 10.1 Å². The molecule has 0 unspecified atom stereocenters. The van der Waals surface area contributed by atoms with E-state index in [1.54, 1.807) is 41.2 Å². The third-order valence-corrected chi connectivity index (χ3v) is 5.51. The number of carbonyl (C=O) groups excluding carboxylic acids is 1. The summed E-state index contributed by atoms with van der Waals surface area (Å²) in [6.07, 6.45) is 3.61. The zero-order valence-corrected chi connectivity index (χ0v) is 19.1. The number of anilines is 1. The molecule has 0 fully saturated rings. The van der Waals surface area contributed by atoms with Crippen LogP contribution in [0.1, 0.15) is 21.9 Å². The SMILES string of the molecule is O=C(Nc1cccc(Cn2cc(Br)cn2)c1)c1ccc(COc2cccc(Cl)c2Cl)o1. The monoisotopic (exact) mass is 519 g/mol. The first-order chi connectivity index (χ1) is 15.0. The third-order valence-electron chi connectivity index (χ3n) is 4.30. The Bertz CT molecular complexity index is 1220. The van der Waals surface area contributed by atoms with Crippen LogP contribution in [0, 0.1) is 0 Å². The van der Waals surface area contributed by atoms with E-state index in [1.165, 1.54) is 0 Å². The maximum Gasteiger partial charge on any atom is 0.291 e. The minimum atomic E-state index is -0.356. The molecule has 2 aromatic carbocycles. The molecule has 4 aromatic rings. The lowest BCUT2D eigenvalue weighted by atomic mass is 10.2. The molecular formula is C22H16BrCl2N3O3. The molecular weight excluding hydrogens is 505 g/mol. The van der Waals surface area contributed by atoms with Gasteiger partial charge in [0.2, 0.25) is 0 Å². The zero-order chi connectivity index (χ0) is 21.8. The molecule has 0 aliphatic heterocycles. The number of nitrogens with zero attached hydrogens (tertiary/aromatic N) is 2. The molecule has 2 heterocycles. The van der Waals surface area contributed by atoms with Crippen LogP contribution in [0.25, 0.3) is 0 Å². The molecule has 0 radical (unpaired) electrons. The molecule has 0 aliphatic carbocycles. The van der Waals surface area contributed by atoms with Gasteiger partial charge in [-0.3, -0.25) is 9.48 Å². The Balaban J connectivity index is 1.37. The predicted octanol–water partition coefficient (Wildman–Crippen LogP) is 6.43. The molecule has 0 atom stereocenters. The maximum atomic E-state index is 12.6. The van der Waals surface area contributed by atoms with Gasteiger partial charge in [-0.15, -0.1) is 0 Å². The molecule has 2 aromatic heterocycles. The first kappa shape index (κ1) is 21.5. The summed E-state index contributed by atoms with van der Waals surface area (Å²) in [6, 6.07) is 15.9. The van der Waals surface area contributed by atoms with Gasteiger partial charge in [-0.25, -0.2) is 0 Å². The van der Waals surface area contributed by atoms with Gasteiger partial charge in [0.05, 0.1) is 22.2 Å². The van der Waals surface area contributed by atoms with Crippen molar-refractivity contribution in [2.75, 3.05) is 5.32 Å². The maximum absolute atomic E-state index is 12.6. The van der Waals surface area contributed by atoms with E-state index in [2.05, 4.69) is 26.3 Å². The molecule has 0 saturated carbocycles. The highest BCUT2D eigenvalue weighted by atomic mass is 79.9. The summed E-state index contributed by atoms with van der Waals surface area (Å²) in [4.78, 5) is 12.6. The smallest absolute Gasteiger partial charge is 0.291 e. The van der Waals surface area contributed by atoms with E-state index in [9.17, 15) is 4.79 Å². The van der Waals surface area contributed by atoms with Gasteiger partial charge in [0, 0.05) is 11.9 Å². The van der Waals surface area contributed by atoms with Crippen LogP contribution in [0.2, 0.25) is 10.0 Å². The Morgan fingerprint density at radius 3 is 2.81 bits per heavy atom. The van der Waals surface area contributed by atoms with Gasteiger partial charge in [-0.2, -0.15) is 5.10 Å². The lowest BCUT2D eigenvalue weighted by molar-refractivity contribution is 0.0992. The molecule has 1 N–H and O–H groups in total. The zero-order valence-electron chi connectivity index (χ0n) is 16.0. The van der Waals surface area contributed by atoms with E-state index in [0.29, 0.717) is 33.8 Å². The topological polar surface area (TPSA) is 69.3 Å². The third kappa shape index (κ3) is 5.50. The molecule has 4 rings (SSSR count). The number of halogens is 3. The van der Waals surface area contributed by atoms with Crippen LogP contribution in [0.4, 0.5) is 5.69 Å². The number of aromatic nitrogens is 2. The van der Waals surface area contributed by atoms with Gasteiger partial charge in [0.25, 0.3) is 5.91 Å². The van der Waals surface area contributed by atoms with Crippen molar-refractivity contribution < 1.29 is 13.9 Å². The molecule has 0 saturated heterocycles. The molecule has 1 amide bonds.